The van der Waals surface area contributed by atoms with E-state index in [-0.39, 0.29) is 12.0 Å². The van der Waals surface area contributed by atoms with E-state index in [1.807, 2.05) is 0 Å². The summed E-state index contributed by atoms with van der Waals surface area (Å²) in [5.41, 5.74) is 0. The van der Waals surface area contributed by atoms with Crippen LogP contribution in [0.25, 0.3) is 0 Å². The standard InChI is InChI=1S/C16H24N2O2S/c1-12-11-20-13(2)9-17(12)10-16(19)18-7-3-5-14(18)15-6-4-8-21-15/h4,6,8,12-14H,3,5,7,9-11H2,1-2H3/t12-,13+,14+/m0/s1. The highest BCUT2D eigenvalue weighted by molar-refractivity contribution is 7.10. The molecule has 3 rings (SSSR count). The average molecular weight is 308 g/mol. The number of hydrogen-bond acceptors (Lipinski definition) is 4. The number of ether oxygens (including phenoxy) is 1. The summed E-state index contributed by atoms with van der Waals surface area (Å²) in [6.07, 6.45) is 2.44. The molecule has 116 valence electrons. The molecule has 3 heterocycles. The molecule has 0 aliphatic carbocycles. The quantitative estimate of drug-likeness (QED) is 0.860. The Labute approximate surface area is 130 Å². The first-order valence-corrected chi connectivity index (χ1v) is 8.71. The summed E-state index contributed by atoms with van der Waals surface area (Å²) in [7, 11) is 0. The third-order valence-corrected chi connectivity index (χ3v) is 5.49. The number of thiophene rings is 1. The first-order chi connectivity index (χ1) is 10.1. The van der Waals surface area contributed by atoms with E-state index in [2.05, 4.69) is 41.2 Å². The zero-order valence-corrected chi connectivity index (χ0v) is 13.6. The van der Waals surface area contributed by atoms with Gasteiger partial charge < -0.3 is 9.64 Å². The fourth-order valence-corrected chi connectivity index (χ4v) is 4.17. The second-order valence-corrected chi connectivity index (χ2v) is 7.16. The molecule has 2 aliphatic heterocycles. The Hall–Kier alpha value is -0.910. The summed E-state index contributed by atoms with van der Waals surface area (Å²) in [6.45, 7) is 7.22. The molecular weight excluding hydrogens is 284 g/mol. The first-order valence-electron chi connectivity index (χ1n) is 7.83. The van der Waals surface area contributed by atoms with Gasteiger partial charge >= 0.3 is 0 Å². The third-order valence-electron chi connectivity index (χ3n) is 4.52. The molecule has 0 aromatic carbocycles. The molecule has 2 saturated heterocycles. The van der Waals surface area contributed by atoms with Crippen molar-refractivity contribution in [3.63, 3.8) is 0 Å². The van der Waals surface area contributed by atoms with Crippen LogP contribution in [0.5, 0.6) is 0 Å². The Kier molecular flexibility index (Phi) is 4.62. The Morgan fingerprint density at radius 1 is 1.48 bits per heavy atom. The van der Waals surface area contributed by atoms with Crippen molar-refractivity contribution in [2.75, 3.05) is 26.2 Å². The molecule has 5 heteroatoms. The maximum Gasteiger partial charge on any atom is 0.237 e. The van der Waals surface area contributed by atoms with Crippen molar-refractivity contribution >= 4 is 17.2 Å². The second-order valence-electron chi connectivity index (χ2n) is 6.18. The van der Waals surface area contributed by atoms with Gasteiger partial charge in [0.1, 0.15) is 0 Å². The van der Waals surface area contributed by atoms with Crippen LogP contribution in [0, 0.1) is 0 Å². The Morgan fingerprint density at radius 3 is 3.10 bits per heavy atom. The molecule has 0 unspecified atom stereocenters. The lowest BCUT2D eigenvalue weighted by atomic mass is 10.1. The fourth-order valence-electron chi connectivity index (χ4n) is 3.30. The zero-order valence-electron chi connectivity index (χ0n) is 12.8. The summed E-state index contributed by atoms with van der Waals surface area (Å²) in [4.78, 5) is 18.4. The normalized spacial score (nSPS) is 30.8. The van der Waals surface area contributed by atoms with Crippen LogP contribution in [0.1, 0.15) is 37.6 Å². The molecule has 0 N–H and O–H groups in total. The monoisotopic (exact) mass is 308 g/mol. The number of carbonyl (C=O) groups excluding carboxylic acids is 1. The number of hydrogen-bond donors (Lipinski definition) is 0. The molecule has 0 bridgehead atoms. The van der Waals surface area contributed by atoms with Crippen LogP contribution >= 0.6 is 11.3 Å². The minimum Gasteiger partial charge on any atom is -0.376 e. The second kappa shape index (κ2) is 6.46. The lowest BCUT2D eigenvalue weighted by molar-refractivity contribution is -0.136. The van der Waals surface area contributed by atoms with Crippen molar-refractivity contribution in [3.8, 4) is 0 Å². The van der Waals surface area contributed by atoms with Crippen LogP contribution in [0.15, 0.2) is 17.5 Å². The summed E-state index contributed by atoms with van der Waals surface area (Å²) in [5, 5.41) is 2.10. The summed E-state index contributed by atoms with van der Waals surface area (Å²) in [6, 6.07) is 4.85. The van der Waals surface area contributed by atoms with E-state index in [1.54, 1.807) is 11.3 Å². The van der Waals surface area contributed by atoms with Gasteiger partial charge in [-0.25, -0.2) is 0 Å². The molecule has 0 saturated carbocycles. The Bertz CT molecular complexity index is 477. The maximum atomic E-state index is 12.7. The molecule has 1 amide bonds. The number of rotatable bonds is 3. The third kappa shape index (κ3) is 3.30. The smallest absolute Gasteiger partial charge is 0.237 e. The summed E-state index contributed by atoms with van der Waals surface area (Å²) >= 11 is 1.76. The number of nitrogens with zero attached hydrogens (tertiary/aromatic N) is 2. The van der Waals surface area contributed by atoms with Crippen molar-refractivity contribution in [3.05, 3.63) is 22.4 Å². The maximum absolute atomic E-state index is 12.7. The number of amides is 1. The van der Waals surface area contributed by atoms with Crippen LogP contribution in [0.2, 0.25) is 0 Å². The van der Waals surface area contributed by atoms with Gasteiger partial charge in [-0.05, 0) is 38.1 Å². The predicted octanol–water partition coefficient (Wildman–Crippen LogP) is 2.52. The summed E-state index contributed by atoms with van der Waals surface area (Å²) in [5.74, 6) is 0.270. The average Bonchev–Trinajstić information content (AvgIpc) is 3.12. The zero-order chi connectivity index (χ0) is 14.8. The van der Waals surface area contributed by atoms with E-state index in [0.717, 1.165) is 32.5 Å². The highest BCUT2D eigenvalue weighted by Crippen LogP contribution is 2.34. The van der Waals surface area contributed by atoms with Crippen LogP contribution in [-0.4, -0.2) is 54.1 Å². The summed E-state index contributed by atoms with van der Waals surface area (Å²) < 4.78 is 5.64. The molecule has 0 spiro atoms. The topological polar surface area (TPSA) is 32.8 Å². The van der Waals surface area contributed by atoms with E-state index in [4.69, 9.17) is 4.74 Å². The largest absolute Gasteiger partial charge is 0.376 e. The van der Waals surface area contributed by atoms with Crippen molar-refractivity contribution in [2.24, 2.45) is 0 Å². The van der Waals surface area contributed by atoms with Crippen molar-refractivity contribution in [2.45, 2.75) is 44.9 Å². The van der Waals surface area contributed by atoms with Crippen LogP contribution in [-0.2, 0) is 9.53 Å². The van der Waals surface area contributed by atoms with Crippen molar-refractivity contribution < 1.29 is 9.53 Å². The van der Waals surface area contributed by atoms with E-state index < -0.39 is 0 Å². The van der Waals surface area contributed by atoms with E-state index >= 15 is 0 Å². The van der Waals surface area contributed by atoms with E-state index in [9.17, 15) is 4.79 Å². The van der Waals surface area contributed by atoms with Gasteiger partial charge in [-0.15, -0.1) is 11.3 Å². The molecule has 0 radical (unpaired) electrons. The molecule has 4 nitrogen and oxygen atoms in total. The van der Waals surface area contributed by atoms with E-state index in [0.29, 0.717) is 18.6 Å². The Morgan fingerprint density at radius 2 is 2.33 bits per heavy atom. The molecular formula is C16H24N2O2S. The lowest BCUT2D eigenvalue weighted by Crippen LogP contribution is -2.51. The molecule has 1 aromatic heterocycles. The first kappa shape index (κ1) is 15.0. The minimum atomic E-state index is 0.223. The number of likely N-dealkylation sites (tertiary alicyclic amines) is 1. The van der Waals surface area contributed by atoms with Crippen molar-refractivity contribution in [1.82, 2.24) is 9.80 Å². The molecule has 2 fully saturated rings. The van der Waals surface area contributed by atoms with Gasteiger partial charge in [0, 0.05) is 24.0 Å². The molecule has 3 atom stereocenters. The van der Waals surface area contributed by atoms with Gasteiger partial charge in [0.2, 0.25) is 5.91 Å². The fraction of sp³-hybridized carbons (Fsp3) is 0.688. The van der Waals surface area contributed by atoms with Crippen LogP contribution in [0.4, 0.5) is 0 Å². The van der Waals surface area contributed by atoms with Gasteiger partial charge in [0.05, 0.1) is 25.3 Å². The lowest BCUT2D eigenvalue weighted by Gasteiger charge is -2.37. The molecule has 2 aliphatic rings. The molecule has 1 aromatic rings. The highest BCUT2D eigenvalue weighted by Gasteiger charge is 2.33. The van der Waals surface area contributed by atoms with Gasteiger partial charge in [-0.3, -0.25) is 9.69 Å². The van der Waals surface area contributed by atoms with Gasteiger partial charge in [-0.1, -0.05) is 6.07 Å². The molecule has 21 heavy (non-hydrogen) atoms. The highest BCUT2D eigenvalue weighted by atomic mass is 32.1. The van der Waals surface area contributed by atoms with Gasteiger partial charge in [0.25, 0.3) is 0 Å². The Balaban J connectivity index is 1.64. The number of morpholine rings is 1. The number of carbonyl (C=O) groups is 1. The minimum absolute atomic E-state index is 0.223. The van der Waals surface area contributed by atoms with Crippen LogP contribution < -0.4 is 0 Å². The van der Waals surface area contributed by atoms with Gasteiger partial charge in [0.15, 0.2) is 0 Å². The van der Waals surface area contributed by atoms with Crippen molar-refractivity contribution in [1.29, 1.82) is 0 Å². The van der Waals surface area contributed by atoms with E-state index in [1.165, 1.54) is 4.88 Å². The SMILES string of the molecule is C[C@@H]1CN(CC(=O)N2CCC[C@@H]2c2cccs2)[C@@H](C)CO1. The predicted molar refractivity (Wildman–Crippen MR) is 84.5 cm³/mol. The van der Waals surface area contributed by atoms with Gasteiger partial charge in [-0.2, -0.15) is 0 Å². The van der Waals surface area contributed by atoms with Crippen LogP contribution in [0.3, 0.4) is 0 Å².